The van der Waals surface area contributed by atoms with Crippen LogP contribution in [0.25, 0.3) is 21.9 Å². The van der Waals surface area contributed by atoms with E-state index in [0.29, 0.717) is 85.9 Å². The first-order valence-corrected chi connectivity index (χ1v) is 26.8. The molecular weight excluding hydrogens is 946 g/mol. The number of aromatic nitrogens is 3. The molecule has 5 aliphatic rings. The van der Waals surface area contributed by atoms with Gasteiger partial charge >= 0.3 is 13.3 Å². The standard InChI is InChI=1S/C51H64N9O11P/c1-29-5-14-40(46(64)53-29)60-39-15-10-32(24-42(39)57(2)50(60)68)23-30-6-8-31(9-7-30)25-44(62)58-22-18-35-12-16-41(47(65)56-51(19-3-4-20-51)21-17-43(52)61)59(35)48(66)38(28-58)55-45(63)37-27-34-26-33(11-13-36(34)54-37)49(67)72(69,70)71/h10-11,13,15,24,26-27,30-31,35,38,40-41,54H,1,3-9,12,14,16-23,25,28H2,2H3,(H2,52,61)(H,53,64)(H,55,63)(H,56,65)(H2,69,70,71)/t30?,31?,35-,38+,40?,41+/m1/s1. The van der Waals surface area contributed by atoms with Crippen molar-refractivity contribution >= 4 is 70.5 Å². The summed E-state index contributed by atoms with van der Waals surface area (Å²) >= 11 is 0. The summed E-state index contributed by atoms with van der Waals surface area (Å²) in [6.07, 6.45) is 10.5. The van der Waals surface area contributed by atoms with Gasteiger partial charge < -0.3 is 46.3 Å². The molecule has 0 spiro atoms. The Balaban J connectivity index is 0.885. The largest absolute Gasteiger partial charge is 0.396 e. The highest BCUT2D eigenvalue weighted by molar-refractivity contribution is 7.70. The molecule has 5 heterocycles. The van der Waals surface area contributed by atoms with Crippen LogP contribution in [0.4, 0.5) is 0 Å². The number of aryl methyl sites for hydroxylation is 1. The Kier molecular flexibility index (Phi) is 14.2. The van der Waals surface area contributed by atoms with Crippen LogP contribution in [0.3, 0.4) is 0 Å². The van der Waals surface area contributed by atoms with Crippen molar-refractivity contribution < 1.29 is 47.9 Å². The molecule has 2 aromatic carbocycles. The summed E-state index contributed by atoms with van der Waals surface area (Å²) in [5.74, 6) is -1.91. The minimum Gasteiger partial charge on any atom is -0.370 e. The van der Waals surface area contributed by atoms with E-state index in [2.05, 4.69) is 27.5 Å². The monoisotopic (exact) mass is 1010 g/mol. The Morgan fingerprint density at radius 2 is 1.64 bits per heavy atom. The summed E-state index contributed by atoms with van der Waals surface area (Å²) in [7, 11) is -3.36. The Labute approximate surface area is 415 Å². The maximum Gasteiger partial charge on any atom is 0.396 e. The number of H-pyrrole nitrogens is 1. The van der Waals surface area contributed by atoms with E-state index in [1.54, 1.807) is 26.0 Å². The van der Waals surface area contributed by atoms with Gasteiger partial charge in [-0.2, -0.15) is 0 Å². The summed E-state index contributed by atoms with van der Waals surface area (Å²) in [5, 5.41) is 9.17. The number of imidazole rings is 1. The fourth-order valence-corrected chi connectivity index (χ4v) is 12.6. The van der Waals surface area contributed by atoms with Crippen LogP contribution in [-0.4, -0.2) is 111 Å². The van der Waals surface area contributed by atoms with Gasteiger partial charge in [-0.25, -0.2) is 4.79 Å². The fraction of sp³-hybridized carbons (Fsp3) is 0.529. The van der Waals surface area contributed by atoms with E-state index in [9.17, 15) is 52.7 Å². The van der Waals surface area contributed by atoms with Crippen molar-refractivity contribution in [3.63, 3.8) is 0 Å². The highest BCUT2D eigenvalue weighted by Crippen LogP contribution is 2.40. The molecule has 20 nitrogen and oxygen atoms in total. The van der Waals surface area contributed by atoms with Gasteiger partial charge in [-0.1, -0.05) is 25.5 Å². The molecule has 21 heteroatoms. The second-order valence-electron chi connectivity index (χ2n) is 20.9. The van der Waals surface area contributed by atoms with Crippen molar-refractivity contribution in [3.8, 4) is 0 Å². The highest BCUT2D eigenvalue weighted by atomic mass is 31.2. The smallest absolute Gasteiger partial charge is 0.370 e. The lowest BCUT2D eigenvalue weighted by Crippen LogP contribution is -2.62. The second-order valence-corrected chi connectivity index (χ2v) is 22.4. The minimum atomic E-state index is -5.08. The predicted octanol–water partition coefficient (Wildman–Crippen LogP) is 3.93. The lowest BCUT2D eigenvalue weighted by molar-refractivity contribution is -0.146. The predicted molar refractivity (Wildman–Crippen MR) is 265 cm³/mol. The van der Waals surface area contributed by atoms with E-state index in [-0.39, 0.29) is 60.0 Å². The van der Waals surface area contributed by atoms with Crippen LogP contribution >= 0.6 is 7.60 Å². The number of primary amides is 1. The zero-order valence-electron chi connectivity index (χ0n) is 40.5. The van der Waals surface area contributed by atoms with E-state index >= 15 is 0 Å². The fourth-order valence-electron chi connectivity index (χ4n) is 12.1. The van der Waals surface area contributed by atoms with Gasteiger partial charge in [0.15, 0.2) is 0 Å². The molecule has 4 atom stereocenters. The SMILES string of the molecule is C=C1CCC(n2c(=O)n(C)c3cc(CC4CCC(CC(=O)N5CC[C@H]6CC[C@@H](C(=O)NC7(CCC(N)=O)CCCC7)N6C(=O)[C@@H](NC(=O)c6cc7cc(C(=O)P(=O)(O)O)ccc7[nH]6)C5)CC4)ccc32)C(=O)N1. The number of amides is 6. The number of piperidine rings is 1. The number of nitrogens with two attached hydrogens (primary N) is 1. The molecule has 5 fully saturated rings. The molecule has 2 aromatic heterocycles. The first kappa shape index (κ1) is 50.6. The first-order valence-electron chi connectivity index (χ1n) is 25.2. The van der Waals surface area contributed by atoms with E-state index in [0.717, 1.165) is 56.0 Å². The third-order valence-electron chi connectivity index (χ3n) is 16.1. The van der Waals surface area contributed by atoms with Gasteiger partial charge in [0, 0.05) is 66.7 Å². The number of carbonyl (C=O) groups excluding carboxylic acids is 7. The molecule has 9 rings (SSSR count). The molecule has 1 unspecified atom stereocenters. The van der Waals surface area contributed by atoms with Crippen LogP contribution in [-0.2, 0) is 42.0 Å². The number of benzene rings is 2. The van der Waals surface area contributed by atoms with Crippen molar-refractivity contribution in [2.45, 2.75) is 139 Å². The molecule has 0 radical (unpaired) electrons. The quantitative estimate of drug-likeness (QED) is 0.0889. The molecule has 72 heavy (non-hydrogen) atoms. The van der Waals surface area contributed by atoms with Gasteiger partial charge in [-0.15, -0.1) is 0 Å². The molecule has 3 aliphatic heterocycles. The van der Waals surface area contributed by atoms with Gasteiger partial charge in [0.2, 0.25) is 29.5 Å². The molecule has 0 bridgehead atoms. The Morgan fingerprint density at radius 3 is 2.35 bits per heavy atom. The maximum atomic E-state index is 14.9. The number of fused-ring (bicyclic) bond motifs is 3. The van der Waals surface area contributed by atoms with Crippen LogP contribution in [0, 0.1) is 11.8 Å². The van der Waals surface area contributed by atoms with Crippen LogP contribution in [0.15, 0.2) is 59.5 Å². The number of hydrogen-bond acceptors (Lipinski definition) is 9. The van der Waals surface area contributed by atoms with Crippen molar-refractivity contribution in [1.82, 2.24) is 39.9 Å². The number of allylic oxidation sites excluding steroid dienone is 1. The van der Waals surface area contributed by atoms with Crippen molar-refractivity contribution in [2.24, 2.45) is 24.6 Å². The summed E-state index contributed by atoms with van der Waals surface area (Å²) in [5.41, 5.74) is 6.64. The van der Waals surface area contributed by atoms with Gasteiger partial charge in [0.05, 0.1) is 11.0 Å². The molecule has 3 saturated heterocycles. The van der Waals surface area contributed by atoms with E-state index in [4.69, 9.17) is 5.73 Å². The number of rotatable bonds is 14. The first-order chi connectivity index (χ1) is 34.3. The van der Waals surface area contributed by atoms with Gasteiger partial charge in [-0.05, 0) is 137 Å². The van der Waals surface area contributed by atoms with E-state index in [1.165, 1.54) is 24.3 Å². The van der Waals surface area contributed by atoms with Crippen molar-refractivity contribution in [2.75, 3.05) is 13.1 Å². The third kappa shape index (κ3) is 10.4. The lowest BCUT2D eigenvalue weighted by Gasteiger charge is -2.40. The van der Waals surface area contributed by atoms with Gasteiger partial charge in [-0.3, -0.25) is 47.3 Å². The van der Waals surface area contributed by atoms with Crippen molar-refractivity contribution in [3.05, 3.63) is 82.0 Å². The average molecular weight is 1010 g/mol. The number of hydrogen-bond donors (Lipinski definition) is 7. The molecule has 4 aromatic rings. The van der Waals surface area contributed by atoms with Crippen LogP contribution in [0.2, 0.25) is 0 Å². The number of nitrogens with one attached hydrogen (secondary N) is 4. The zero-order valence-corrected chi connectivity index (χ0v) is 41.4. The highest BCUT2D eigenvalue weighted by Gasteiger charge is 2.48. The Morgan fingerprint density at radius 1 is 0.903 bits per heavy atom. The van der Waals surface area contributed by atoms with Crippen LogP contribution in [0.5, 0.6) is 0 Å². The molecular formula is C51H64N9O11P. The third-order valence-corrected chi connectivity index (χ3v) is 16.9. The second kappa shape index (κ2) is 20.3. The topological polar surface area (TPSA) is 288 Å². The normalized spacial score (nSPS) is 24.7. The zero-order chi connectivity index (χ0) is 51.2. The molecule has 2 saturated carbocycles. The molecule has 6 amide bonds. The van der Waals surface area contributed by atoms with Gasteiger partial charge in [0.25, 0.3) is 11.4 Å². The summed E-state index contributed by atoms with van der Waals surface area (Å²) < 4.78 is 14.9. The molecule has 2 aliphatic carbocycles. The Hall–Kier alpha value is -6.37. The minimum absolute atomic E-state index is 0.00271. The van der Waals surface area contributed by atoms with E-state index in [1.807, 2.05) is 18.2 Å². The lowest BCUT2D eigenvalue weighted by atomic mass is 9.78. The van der Waals surface area contributed by atoms with Crippen LogP contribution in [0.1, 0.15) is 135 Å². The number of nitrogens with zero attached hydrogens (tertiary/aromatic N) is 4. The summed E-state index contributed by atoms with van der Waals surface area (Å²) in [6.45, 7) is 4.01. The average Bonchev–Trinajstić information content (AvgIpc) is 4.14. The molecule has 8 N–H and O–H groups in total. The number of aromatic amines is 1. The summed E-state index contributed by atoms with van der Waals surface area (Å²) in [6, 6.07) is 8.21. The Bertz CT molecular complexity index is 2970. The van der Waals surface area contributed by atoms with Crippen LogP contribution < -0.4 is 27.4 Å². The van der Waals surface area contributed by atoms with Gasteiger partial charge in [0.1, 0.15) is 23.8 Å². The maximum absolute atomic E-state index is 14.9. The molecule has 384 valence electrons. The number of carbonyl (C=O) groups is 7. The van der Waals surface area contributed by atoms with Crippen molar-refractivity contribution in [1.29, 1.82) is 0 Å². The van der Waals surface area contributed by atoms with E-state index < -0.39 is 60.5 Å². The summed E-state index contributed by atoms with van der Waals surface area (Å²) in [4.78, 5) is 133.